The van der Waals surface area contributed by atoms with Crippen LogP contribution in [0.15, 0.2) is 18.2 Å². The molecule has 0 amide bonds. The third kappa shape index (κ3) is 2.04. The van der Waals surface area contributed by atoms with Gasteiger partial charge in [-0.1, -0.05) is 24.6 Å². The number of halogens is 1. The van der Waals surface area contributed by atoms with Gasteiger partial charge in [-0.15, -0.1) is 0 Å². The topological polar surface area (TPSA) is 53.1 Å². The fraction of sp³-hybridized carbons (Fsp3) is 0.308. The van der Waals surface area contributed by atoms with Crippen molar-refractivity contribution in [3.63, 3.8) is 0 Å². The number of nitrogens with zero attached hydrogens (tertiary/aromatic N) is 2. The van der Waals surface area contributed by atoms with E-state index in [1.165, 1.54) is 5.56 Å². The van der Waals surface area contributed by atoms with Crippen LogP contribution in [-0.4, -0.2) is 16.7 Å². The molecule has 0 bridgehead atoms. The lowest BCUT2D eigenvalue weighted by molar-refractivity contribution is 0.416. The van der Waals surface area contributed by atoms with Gasteiger partial charge in [-0.05, 0) is 24.1 Å². The Kier molecular flexibility index (Phi) is 3.48. The van der Waals surface area contributed by atoms with Gasteiger partial charge in [0.15, 0.2) is 0 Å². The first-order valence-electron chi connectivity index (χ1n) is 5.73. The number of imidazole rings is 1. The first kappa shape index (κ1) is 12.8. The van der Waals surface area contributed by atoms with Crippen LogP contribution in [0.25, 0.3) is 11.3 Å². The summed E-state index contributed by atoms with van der Waals surface area (Å²) in [7, 11) is 3.41. The number of ether oxygens (including phenoxy) is 1. The minimum atomic E-state index is 0.388. The molecule has 1 aromatic heterocycles. The van der Waals surface area contributed by atoms with Gasteiger partial charge in [0.25, 0.3) is 0 Å². The highest BCUT2D eigenvalue weighted by Crippen LogP contribution is 2.35. The average Bonchev–Trinajstić information content (AvgIpc) is 2.65. The Bertz CT molecular complexity index is 578. The molecule has 0 fully saturated rings. The predicted molar refractivity (Wildman–Crippen MR) is 74.0 cm³/mol. The van der Waals surface area contributed by atoms with E-state index in [1.54, 1.807) is 18.7 Å². The van der Waals surface area contributed by atoms with Crippen LogP contribution < -0.4 is 10.5 Å². The van der Waals surface area contributed by atoms with Gasteiger partial charge in [0.2, 0.25) is 5.95 Å². The van der Waals surface area contributed by atoms with Crippen LogP contribution in [-0.2, 0) is 13.5 Å². The van der Waals surface area contributed by atoms with Gasteiger partial charge in [-0.3, -0.25) is 0 Å². The van der Waals surface area contributed by atoms with Crippen molar-refractivity contribution in [3.05, 3.63) is 28.9 Å². The van der Waals surface area contributed by atoms with E-state index in [-0.39, 0.29) is 0 Å². The van der Waals surface area contributed by atoms with Crippen molar-refractivity contribution in [3.8, 4) is 17.0 Å². The summed E-state index contributed by atoms with van der Waals surface area (Å²) in [6, 6.07) is 5.99. The predicted octanol–water partition coefficient (Wildman–Crippen LogP) is 2.89. The summed E-state index contributed by atoms with van der Waals surface area (Å²) in [5, 5.41) is 0.513. The summed E-state index contributed by atoms with van der Waals surface area (Å²) in [5.74, 6) is 1.13. The lowest BCUT2D eigenvalue weighted by atomic mass is 10.1. The van der Waals surface area contributed by atoms with Crippen molar-refractivity contribution in [2.45, 2.75) is 13.3 Å². The second kappa shape index (κ2) is 4.90. The quantitative estimate of drug-likeness (QED) is 0.928. The van der Waals surface area contributed by atoms with Crippen molar-refractivity contribution in [1.82, 2.24) is 9.55 Å². The molecule has 2 aromatic rings. The molecule has 96 valence electrons. The lowest BCUT2D eigenvalue weighted by Crippen LogP contribution is -1.96. The second-order valence-electron chi connectivity index (χ2n) is 4.06. The molecule has 2 N–H and O–H groups in total. The molecule has 0 saturated heterocycles. The number of methoxy groups -OCH3 is 1. The van der Waals surface area contributed by atoms with E-state index in [1.807, 2.05) is 18.2 Å². The monoisotopic (exact) mass is 265 g/mol. The molecular formula is C13H16ClN3O. The van der Waals surface area contributed by atoms with Crippen molar-refractivity contribution >= 4 is 17.5 Å². The third-order valence-corrected chi connectivity index (χ3v) is 3.42. The van der Waals surface area contributed by atoms with Gasteiger partial charge < -0.3 is 15.0 Å². The van der Waals surface area contributed by atoms with E-state index in [9.17, 15) is 0 Å². The summed E-state index contributed by atoms with van der Waals surface area (Å²) in [6.07, 6.45) is 0.941. The molecule has 0 aliphatic heterocycles. The van der Waals surface area contributed by atoms with Crippen LogP contribution in [0.5, 0.6) is 5.75 Å². The SMILES string of the molecule is CCc1ccc(OC)c(-c2nc(N)n(C)c2Cl)c1. The lowest BCUT2D eigenvalue weighted by Gasteiger charge is -2.08. The van der Waals surface area contributed by atoms with Crippen LogP contribution in [0.1, 0.15) is 12.5 Å². The molecule has 1 heterocycles. The number of aryl methyl sites for hydroxylation is 1. The first-order chi connectivity index (χ1) is 8.58. The third-order valence-electron chi connectivity index (χ3n) is 2.99. The highest BCUT2D eigenvalue weighted by Gasteiger charge is 2.16. The fourth-order valence-corrected chi connectivity index (χ4v) is 2.06. The first-order valence-corrected chi connectivity index (χ1v) is 6.11. The molecule has 0 aliphatic carbocycles. The van der Waals surface area contributed by atoms with E-state index in [0.717, 1.165) is 17.7 Å². The van der Waals surface area contributed by atoms with Crippen LogP contribution in [0.4, 0.5) is 5.95 Å². The van der Waals surface area contributed by atoms with Crippen molar-refractivity contribution in [2.75, 3.05) is 12.8 Å². The van der Waals surface area contributed by atoms with Crippen LogP contribution in [0.3, 0.4) is 0 Å². The number of aromatic nitrogens is 2. The van der Waals surface area contributed by atoms with Gasteiger partial charge in [0.05, 0.1) is 7.11 Å². The van der Waals surface area contributed by atoms with E-state index in [2.05, 4.69) is 11.9 Å². The smallest absolute Gasteiger partial charge is 0.201 e. The molecule has 0 atom stereocenters. The maximum Gasteiger partial charge on any atom is 0.201 e. The zero-order valence-electron chi connectivity index (χ0n) is 10.7. The summed E-state index contributed by atoms with van der Waals surface area (Å²) < 4.78 is 7.00. The normalized spacial score (nSPS) is 10.7. The highest BCUT2D eigenvalue weighted by molar-refractivity contribution is 6.32. The van der Waals surface area contributed by atoms with E-state index in [0.29, 0.717) is 16.8 Å². The number of rotatable bonds is 3. The summed E-state index contributed by atoms with van der Waals surface area (Å²) in [5.41, 5.74) is 8.49. The van der Waals surface area contributed by atoms with Gasteiger partial charge in [-0.25, -0.2) is 4.98 Å². The Morgan fingerprint density at radius 2 is 2.17 bits per heavy atom. The molecule has 0 saturated carbocycles. The number of nitrogens with two attached hydrogens (primary N) is 1. The maximum absolute atomic E-state index is 6.24. The Labute approximate surface area is 111 Å². The van der Waals surface area contributed by atoms with Crippen molar-refractivity contribution in [2.24, 2.45) is 7.05 Å². The average molecular weight is 266 g/mol. The minimum Gasteiger partial charge on any atom is -0.496 e. The summed E-state index contributed by atoms with van der Waals surface area (Å²) in [6.45, 7) is 2.10. The number of benzene rings is 1. The molecule has 0 unspecified atom stereocenters. The molecule has 0 radical (unpaired) electrons. The Balaban J connectivity index is 2.64. The van der Waals surface area contributed by atoms with E-state index < -0.39 is 0 Å². The Morgan fingerprint density at radius 1 is 1.44 bits per heavy atom. The zero-order valence-corrected chi connectivity index (χ0v) is 11.5. The van der Waals surface area contributed by atoms with Crippen LogP contribution in [0.2, 0.25) is 5.15 Å². The number of anilines is 1. The standard InChI is InChI=1S/C13H16ClN3O/c1-4-8-5-6-10(18-3)9(7-8)11-12(14)17(2)13(15)16-11/h5-7H,4H2,1-3H3,(H2,15,16). The molecule has 0 aliphatic rings. The maximum atomic E-state index is 6.24. The van der Waals surface area contributed by atoms with Crippen molar-refractivity contribution < 1.29 is 4.74 Å². The van der Waals surface area contributed by atoms with Gasteiger partial charge in [-0.2, -0.15) is 0 Å². The molecule has 0 spiro atoms. The zero-order chi connectivity index (χ0) is 13.3. The number of hydrogen-bond donors (Lipinski definition) is 1. The molecule has 2 rings (SSSR count). The second-order valence-corrected chi connectivity index (χ2v) is 4.41. The Morgan fingerprint density at radius 3 is 2.67 bits per heavy atom. The molecular weight excluding hydrogens is 250 g/mol. The number of hydrogen-bond acceptors (Lipinski definition) is 3. The largest absolute Gasteiger partial charge is 0.496 e. The van der Waals surface area contributed by atoms with Gasteiger partial charge >= 0.3 is 0 Å². The molecule has 1 aromatic carbocycles. The minimum absolute atomic E-state index is 0.388. The summed E-state index contributed by atoms with van der Waals surface area (Å²) >= 11 is 6.24. The molecule has 4 nitrogen and oxygen atoms in total. The van der Waals surface area contributed by atoms with Crippen molar-refractivity contribution in [1.29, 1.82) is 0 Å². The molecule has 5 heteroatoms. The van der Waals surface area contributed by atoms with Crippen LogP contribution in [0, 0.1) is 0 Å². The fourth-order valence-electron chi connectivity index (χ4n) is 1.83. The van der Waals surface area contributed by atoms with Gasteiger partial charge in [0.1, 0.15) is 16.6 Å². The van der Waals surface area contributed by atoms with Gasteiger partial charge in [0, 0.05) is 12.6 Å². The molecule has 18 heavy (non-hydrogen) atoms. The number of nitrogen functional groups attached to an aromatic ring is 1. The van der Waals surface area contributed by atoms with E-state index >= 15 is 0 Å². The summed E-state index contributed by atoms with van der Waals surface area (Å²) in [4.78, 5) is 4.29. The Hall–Kier alpha value is -1.68. The highest BCUT2D eigenvalue weighted by atomic mass is 35.5. The van der Waals surface area contributed by atoms with E-state index in [4.69, 9.17) is 22.1 Å². The van der Waals surface area contributed by atoms with Crippen LogP contribution >= 0.6 is 11.6 Å².